The predicted octanol–water partition coefficient (Wildman–Crippen LogP) is -1.41. The van der Waals surface area contributed by atoms with Gasteiger partial charge in [0.15, 0.2) is 9.84 Å². The second-order valence-electron chi connectivity index (χ2n) is 4.07. The van der Waals surface area contributed by atoms with Crippen LogP contribution in [0.5, 0.6) is 0 Å². The third-order valence-corrected chi connectivity index (χ3v) is 4.68. The van der Waals surface area contributed by atoms with Crippen LogP contribution in [0.4, 0.5) is 0 Å². The van der Waals surface area contributed by atoms with Gasteiger partial charge < -0.3 is 15.1 Å². The van der Waals surface area contributed by atoms with Crippen molar-refractivity contribution >= 4 is 27.3 Å². The van der Waals surface area contributed by atoms with Gasteiger partial charge in [-0.3, -0.25) is 4.79 Å². The molecule has 1 aliphatic rings. The number of nitrogens with zero attached hydrogens (tertiary/aromatic N) is 1. The van der Waals surface area contributed by atoms with Gasteiger partial charge in [0.25, 0.3) is 0 Å². The molecule has 1 aliphatic heterocycles. The van der Waals surface area contributed by atoms with Crippen LogP contribution in [-0.2, 0) is 14.6 Å². The van der Waals surface area contributed by atoms with Crippen molar-refractivity contribution in [3.05, 3.63) is 0 Å². The Labute approximate surface area is 105 Å². The van der Waals surface area contributed by atoms with Crippen LogP contribution >= 0.6 is 11.6 Å². The fourth-order valence-electron chi connectivity index (χ4n) is 1.84. The average molecular weight is 286 g/mol. The monoisotopic (exact) mass is 285 g/mol. The van der Waals surface area contributed by atoms with Crippen molar-refractivity contribution in [1.29, 1.82) is 0 Å². The molecular formula is C9H16ClNO5S. The quantitative estimate of drug-likeness (QED) is 0.606. The van der Waals surface area contributed by atoms with E-state index in [1.807, 2.05) is 0 Å². The van der Waals surface area contributed by atoms with Crippen LogP contribution in [0.1, 0.15) is 6.42 Å². The number of alkyl halides is 1. The van der Waals surface area contributed by atoms with Gasteiger partial charge in [-0.2, -0.15) is 0 Å². The normalized spacial score (nSPS) is 24.5. The van der Waals surface area contributed by atoms with Crippen molar-refractivity contribution in [3.8, 4) is 0 Å². The molecule has 1 heterocycles. The molecule has 0 aliphatic carbocycles. The Bertz CT molecular complexity index is 372. The van der Waals surface area contributed by atoms with E-state index in [0.717, 1.165) is 0 Å². The van der Waals surface area contributed by atoms with E-state index in [0.29, 0.717) is 6.42 Å². The Hall–Kier alpha value is -0.370. The van der Waals surface area contributed by atoms with Crippen LogP contribution in [0.15, 0.2) is 0 Å². The van der Waals surface area contributed by atoms with Crippen molar-refractivity contribution in [2.45, 2.75) is 18.6 Å². The van der Waals surface area contributed by atoms with Crippen LogP contribution in [0.3, 0.4) is 0 Å². The van der Waals surface area contributed by atoms with Crippen LogP contribution in [-0.4, -0.2) is 72.1 Å². The zero-order valence-electron chi connectivity index (χ0n) is 9.25. The summed E-state index contributed by atoms with van der Waals surface area (Å²) in [4.78, 5) is 12.8. The smallest absolute Gasteiger partial charge is 0.237 e. The molecule has 8 heteroatoms. The summed E-state index contributed by atoms with van der Waals surface area (Å²) >= 11 is 5.44. The van der Waals surface area contributed by atoms with E-state index < -0.39 is 34.5 Å². The number of carbonyl (C=O) groups excluding carboxylic acids is 1. The highest BCUT2D eigenvalue weighted by atomic mass is 35.5. The van der Waals surface area contributed by atoms with Crippen LogP contribution in [0, 0.1) is 0 Å². The highest BCUT2D eigenvalue weighted by molar-refractivity contribution is 7.91. The Morgan fingerprint density at radius 3 is 2.59 bits per heavy atom. The SMILES string of the molecule is O=C(CCl)N(C[C@@H](O)CO)[C@@H]1CCS(=O)(=O)C1. The number of hydrogen-bond acceptors (Lipinski definition) is 5. The van der Waals surface area contributed by atoms with Crippen LogP contribution < -0.4 is 0 Å². The minimum absolute atomic E-state index is 0.0406. The maximum absolute atomic E-state index is 11.6. The number of rotatable bonds is 5. The van der Waals surface area contributed by atoms with E-state index in [-0.39, 0.29) is 23.9 Å². The molecule has 1 saturated heterocycles. The van der Waals surface area contributed by atoms with Gasteiger partial charge in [-0.25, -0.2) is 8.42 Å². The van der Waals surface area contributed by atoms with Gasteiger partial charge in [0.2, 0.25) is 5.91 Å². The summed E-state index contributed by atoms with van der Waals surface area (Å²) < 4.78 is 22.7. The molecule has 0 aromatic rings. The molecule has 1 rings (SSSR count). The number of amides is 1. The average Bonchev–Trinajstić information content (AvgIpc) is 2.64. The number of aliphatic hydroxyl groups excluding tert-OH is 2. The first-order chi connectivity index (χ1) is 7.89. The molecule has 2 atom stereocenters. The molecule has 0 aromatic heterocycles. The fraction of sp³-hybridized carbons (Fsp3) is 0.889. The molecule has 0 saturated carbocycles. The number of halogens is 1. The zero-order valence-corrected chi connectivity index (χ0v) is 10.8. The lowest BCUT2D eigenvalue weighted by molar-refractivity contribution is -0.132. The summed E-state index contributed by atoms with van der Waals surface area (Å²) in [5.74, 6) is -0.761. The predicted molar refractivity (Wildman–Crippen MR) is 62.6 cm³/mol. The van der Waals surface area contributed by atoms with Crippen molar-refractivity contribution in [2.75, 3.05) is 30.5 Å². The standard InChI is InChI=1S/C9H16ClNO5S/c10-3-9(14)11(4-8(13)5-12)7-1-2-17(15,16)6-7/h7-8,12-13H,1-6H2/t7-,8-/m1/s1. The zero-order chi connectivity index (χ0) is 13.1. The molecule has 0 spiro atoms. The van der Waals surface area contributed by atoms with Gasteiger partial charge in [-0.15, -0.1) is 11.6 Å². The topological polar surface area (TPSA) is 94.9 Å². The second kappa shape index (κ2) is 5.99. The summed E-state index contributed by atoms with van der Waals surface area (Å²) in [6.45, 7) is -0.576. The molecule has 6 nitrogen and oxygen atoms in total. The summed E-state index contributed by atoms with van der Waals surface area (Å²) in [5, 5.41) is 18.1. The number of sulfone groups is 1. The first-order valence-corrected chi connectivity index (χ1v) is 7.60. The highest BCUT2D eigenvalue weighted by Gasteiger charge is 2.35. The molecule has 0 unspecified atom stereocenters. The van der Waals surface area contributed by atoms with Gasteiger partial charge in [0, 0.05) is 12.6 Å². The van der Waals surface area contributed by atoms with Crippen molar-refractivity contribution < 1.29 is 23.4 Å². The van der Waals surface area contributed by atoms with Gasteiger partial charge >= 0.3 is 0 Å². The molecule has 0 aromatic carbocycles. The number of carbonyl (C=O) groups is 1. The molecule has 100 valence electrons. The first-order valence-electron chi connectivity index (χ1n) is 5.24. The van der Waals surface area contributed by atoms with Crippen LogP contribution in [0.25, 0.3) is 0 Å². The third kappa shape index (κ3) is 4.09. The van der Waals surface area contributed by atoms with Crippen LogP contribution in [0.2, 0.25) is 0 Å². The number of aliphatic hydroxyl groups is 2. The van der Waals surface area contributed by atoms with Crippen molar-refractivity contribution in [3.63, 3.8) is 0 Å². The Balaban J connectivity index is 2.74. The van der Waals surface area contributed by atoms with E-state index in [2.05, 4.69) is 0 Å². The Morgan fingerprint density at radius 2 is 2.18 bits per heavy atom. The Kier molecular flexibility index (Phi) is 5.18. The minimum Gasteiger partial charge on any atom is -0.394 e. The highest BCUT2D eigenvalue weighted by Crippen LogP contribution is 2.18. The molecule has 1 fully saturated rings. The van der Waals surface area contributed by atoms with Gasteiger partial charge in [-0.05, 0) is 6.42 Å². The lowest BCUT2D eigenvalue weighted by Gasteiger charge is -2.29. The van der Waals surface area contributed by atoms with E-state index >= 15 is 0 Å². The lowest BCUT2D eigenvalue weighted by atomic mass is 10.2. The van der Waals surface area contributed by atoms with E-state index in [1.54, 1.807) is 0 Å². The first kappa shape index (κ1) is 14.7. The third-order valence-electron chi connectivity index (χ3n) is 2.70. The van der Waals surface area contributed by atoms with E-state index in [1.165, 1.54) is 4.90 Å². The van der Waals surface area contributed by atoms with E-state index in [9.17, 15) is 18.3 Å². The van der Waals surface area contributed by atoms with Crippen molar-refractivity contribution in [2.24, 2.45) is 0 Å². The van der Waals surface area contributed by atoms with Gasteiger partial charge in [0.05, 0.1) is 24.2 Å². The number of hydrogen-bond donors (Lipinski definition) is 2. The van der Waals surface area contributed by atoms with E-state index in [4.69, 9.17) is 16.7 Å². The summed E-state index contributed by atoms with van der Waals surface area (Å²) in [7, 11) is -3.11. The summed E-state index contributed by atoms with van der Waals surface area (Å²) in [6, 6.07) is -0.451. The molecule has 0 bridgehead atoms. The molecular weight excluding hydrogens is 270 g/mol. The minimum atomic E-state index is -3.11. The fourth-order valence-corrected chi connectivity index (χ4v) is 3.72. The molecule has 1 amide bonds. The summed E-state index contributed by atoms with van der Waals surface area (Å²) in [6.07, 6.45) is -0.728. The van der Waals surface area contributed by atoms with Gasteiger partial charge in [-0.1, -0.05) is 0 Å². The maximum Gasteiger partial charge on any atom is 0.237 e. The second-order valence-corrected chi connectivity index (χ2v) is 6.57. The molecule has 0 radical (unpaired) electrons. The maximum atomic E-state index is 11.6. The van der Waals surface area contributed by atoms with Gasteiger partial charge in [0.1, 0.15) is 5.88 Å². The van der Waals surface area contributed by atoms with Crippen molar-refractivity contribution in [1.82, 2.24) is 4.90 Å². The molecule has 17 heavy (non-hydrogen) atoms. The lowest BCUT2D eigenvalue weighted by Crippen LogP contribution is -2.46. The summed E-state index contributed by atoms with van der Waals surface area (Å²) in [5.41, 5.74) is 0. The molecule has 2 N–H and O–H groups in total. The largest absolute Gasteiger partial charge is 0.394 e. The Morgan fingerprint density at radius 1 is 1.53 bits per heavy atom.